The third-order valence-electron chi connectivity index (χ3n) is 2.10. The Morgan fingerprint density at radius 1 is 1.06 bits per heavy atom. The van der Waals surface area contributed by atoms with Gasteiger partial charge in [0.05, 0.1) is 10.9 Å². The summed E-state index contributed by atoms with van der Waals surface area (Å²) >= 11 is -0.543. The van der Waals surface area contributed by atoms with Gasteiger partial charge in [-0.1, -0.05) is 32.9 Å². The zero-order valence-corrected chi connectivity index (χ0v) is 15.6. The Morgan fingerprint density at radius 3 is 2.06 bits per heavy atom. The zero-order chi connectivity index (χ0) is 13.1. The second kappa shape index (κ2) is 6.24. The Bertz CT molecular complexity index is 433. The van der Waals surface area contributed by atoms with Crippen molar-refractivity contribution in [2.45, 2.75) is 41.0 Å². The molecule has 2 rings (SSSR count). The molecule has 1 aromatic carbocycles. The normalized spacial score (nSPS) is 11.9. The van der Waals surface area contributed by atoms with Crippen LogP contribution in [-0.2, 0) is 5.41 Å². The molecule has 0 aliphatic rings. The Morgan fingerprint density at radius 2 is 1.59 bits per heavy atom. The molecule has 0 fully saturated rings. The predicted octanol–water partition coefficient (Wildman–Crippen LogP) is 4.93. The van der Waals surface area contributed by atoms with Crippen LogP contribution in [0, 0.1) is 0 Å². The van der Waals surface area contributed by atoms with E-state index in [0.717, 1.165) is 8.19 Å². The summed E-state index contributed by atoms with van der Waals surface area (Å²) in [6, 6.07) is 8.42. The molecular weight excluding hydrogens is 332 g/mol. The van der Waals surface area contributed by atoms with Gasteiger partial charge in [0.25, 0.3) is 0 Å². The van der Waals surface area contributed by atoms with Gasteiger partial charge in [-0.25, -0.2) is 4.98 Å². The van der Waals surface area contributed by atoms with E-state index in [2.05, 4.69) is 64.8 Å². The van der Waals surface area contributed by atoms with Gasteiger partial charge >= 0.3 is 34.6 Å². The number of fused-ring (bicyclic) bond motifs is 1. The molecule has 93 valence electrons. The molecule has 0 aliphatic carbocycles. The summed E-state index contributed by atoms with van der Waals surface area (Å²) in [6.45, 7) is 6.68. The number of rotatable bonds is 0. The van der Waals surface area contributed by atoms with Crippen molar-refractivity contribution >= 4 is 38.6 Å². The van der Waals surface area contributed by atoms with E-state index < -0.39 is 19.8 Å². The van der Waals surface area contributed by atoms with Gasteiger partial charge in [-0.2, -0.15) is 0 Å². The molecule has 1 aromatic heterocycles. The van der Waals surface area contributed by atoms with Crippen LogP contribution in [0.1, 0.15) is 26.2 Å². The van der Waals surface area contributed by atoms with Gasteiger partial charge in [0.15, 0.2) is 0 Å². The van der Waals surface area contributed by atoms with E-state index in [-0.39, 0.29) is 5.41 Å². The minimum atomic E-state index is -0.543. The first kappa shape index (κ1) is 15.0. The fourth-order valence-electron chi connectivity index (χ4n) is 1.31. The molecule has 1 unspecified atom stereocenters. The van der Waals surface area contributed by atoms with Crippen molar-refractivity contribution in [3.05, 3.63) is 29.7 Å². The van der Waals surface area contributed by atoms with Gasteiger partial charge in [-0.15, -0.1) is 8.19 Å². The van der Waals surface area contributed by atoms with E-state index >= 15 is 0 Å². The summed E-state index contributed by atoms with van der Waals surface area (Å²) in [5, 5.41) is 1.40. The van der Waals surface area contributed by atoms with Crippen molar-refractivity contribution < 1.29 is 0 Å². The van der Waals surface area contributed by atoms with Crippen molar-refractivity contribution in [3.8, 4) is 0 Å². The molecule has 2 aromatic rings. The summed E-state index contributed by atoms with van der Waals surface area (Å²) in [7, 11) is 0.772. The Kier molecular flexibility index (Phi) is 5.53. The molecule has 1 radical (unpaired) electrons. The number of para-hydroxylation sites is 1. The molecule has 0 saturated heterocycles. The number of hydrogen-bond donors (Lipinski definition) is 0. The molecule has 0 spiro atoms. The standard InChI is InChI=1S/C11H14NP.3CH3.Sn/c1-11(2,3)10-12-8-6-4-5-7-9(8)13-10;;;;/h4-7,13H,1-3H3;3*1H3;. The number of aromatic nitrogens is 1. The van der Waals surface area contributed by atoms with Crippen LogP contribution in [0.3, 0.4) is 0 Å². The van der Waals surface area contributed by atoms with E-state index in [4.69, 9.17) is 0 Å². The SMILES string of the molecule is CC(C)(C)c1nc2ccccc2[pH]1.[CH3][Sn]([CH3])[CH3]. The molecule has 3 heteroatoms. The number of hydrogen-bond acceptors (Lipinski definition) is 1. The topological polar surface area (TPSA) is 12.9 Å². The van der Waals surface area contributed by atoms with Gasteiger partial charge < -0.3 is 0 Å². The van der Waals surface area contributed by atoms with E-state index in [9.17, 15) is 0 Å². The van der Waals surface area contributed by atoms with Gasteiger partial charge in [-0.05, 0) is 12.1 Å². The Labute approximate surface area is 114 Å². The van der Waals surface area contributed by atoms with E-state index in [1.807, 2.05) is 0 Å². The van der Waals surface area contributed by atoms with Crippen molar-refractivity contribution in [3.63, 3.8) is 0 Å². The average molecular weight is 355 g/mol. The van der Waals surface area contributed by atoms with Gasteiger partial charge in [0, 0.05) is 10.5 Å². The monoisotopic (exact) mass is 356 g/mol. The predicted molar refractivity (Wildman–Crippen MR) is 83.3 cm³/mol. The maximum absolute atomic E-state index is 4.65. The van der Waals surface area contributed by atoms with E-state index in [1.54, 1.807) is 0 Å². The molecule has 1 heterocycles. The molecule has 17 heavy (non-hydrogen) atoms. The number of nitrogens with zero attached hydrogens (tertiary/aromatic N) is 1. The number of benzene rings is 1. The third kappa shape index (κ3) is 5.01. The maximum atomic E-state index is 4.65. The van der Waals surface area contributed by atoms with Gasteiger partial charge in [-0.3, -0.25) is 0 Å². The zero-order valence-electron chi connectivity index (χ0n) is 11.8. The van der Waals surface area contributed by atoms with Crippen molar-refractivity contribution in [1.29, 1.82) is 0 Å². The molecular formula is C14H23NPSn. The Balaban J connectivity index is 0.000000317. The summed E-state index contributed by atoms with van der Waals surface area (Å²) in [5.74, 6) is 0. The van der Waals surface area contributed by atoms with Crippen LogP contribution in [0.2, 0.25) is 14.8 Å². The summed E-state index contributed by atoms with van der Waals surface area (Å²) in [6.07, 6.45) is 0. The first-order valence-electron chi connectivity index (χ1n) is 6.02. The van der Waals surface area contributed by atoms with E-state index in [1.165, 1.54) is 16.1 Å². The summed E-state index contributed by atoms with van der Waals surface area (Å²) in [5.41, 5.74) is 2.72. The van der Waals surface area contributed by atoms with Crippen molar-refractivity contribution in [2.75, 3.05) is 0 Å². The van der Waals surface area contributed by atoms with Crippen molar-refractivity contribution in [2.24, 2.45) is 0 Å². The average Bonchev–Trinajstić information content (AvgIpc) is 2.59. The van der Waals surface area contributed by atoms with Crippen LogP contribution in [0.5, 0.6) is 0 Å². The second-order valence-corrected chi connectivity index (χ2v) is 15.7. The second-order valence-electron chi connectivity index (χ2n) is 5.85. The quantitative estimate of drug-likeness (QED) is 0.611. The third-order valence-corrected chi connectivity index (χ3v) is 3.89. The first-order chi connectivity index (χ1) is 7.80. The van der Waals surface area contributed by atoms with Crippen LogP contribution >= 0.6 is 8.19 Å². The molecule has 0 amide bonds. The summed E-state index contributed by atoms with van der Waals surface area (Å²) < 4.78 is 0. The van der Waals surface area contributed by atoms with Crippen LogP contribution in [-0.4, -0.2) is 24.7 Å². The van der Waals surface area contributed by atoms with Crippen molar-refractivity contribution in [1.82, 2.24) is 4.98 Å². The molecule has 1 nitrogen and oxygen atoms in total. The van der Waals surface area contributed by atoms with Gasteiger partial charge in [0.2, 0.25) is 0 Å². The first-order valence-corrected chi connectivity index (χ1v) is 15.6. The Hall–Kier alpha value is -0.0113. The van der Waals surface area contributed by atoms with Crippen LogP contribution < -0.4 is 0 Å². The fourth-order valence-corrected chi connectivity index (χ4v) is 2.56. The molecule has 0 N–H and O–H groups in total. The van der Waals surface area contributed by atoms with Crippen LogP contribution in [0.15, 0.2) is 24.3 Å². The molecule has 0 bridgehead atoms. The van der Waals surface area contributed by atoms with E-state index in [0.29, 0.717) is 0 Å². The molecule has 1 atom stereocenters. The molecule has 0 saturated carbocycles. The minimum absolute atomic E-state index is 0.220. The van der Waals surface area contributed by atoms with Crippen LogP contribution in [0.4, 0.5) is 0 Å². The molecule has 0 aliphatic heterocycles. The fraction of sp³-hybridized carbons (Fsp3) is 0.500. The van der Waals surface area contributed by atoms with Crippen LogP contribution in [0.25, 0.3) is 10.6 Å². The van der Waals surface area contributed by atoms with Gasteiger partial charge in [0.1, 0.15) is 0 Å². The summed E-state index contributed by atoms with van der Waals surface area (Å²) in [4.78, 5) is 11.7.